The summed E-state index contributed by atoms with van der Waals surface area (Å²) < 4.78 is 5.42. The predicted octanol–water partition coefficient (Wildman–Crippen LogP) is 4.47. The number of unbranched alkanes of at least 4 members (excludes halogenated alkanes) is 4. The Bertz CT molecular complexity index is 369. The molecule has 0 amide bonds. The molecular formula is C20H39NO5. The molecule has 0 aliphatic rings. The highest BCUT2D eigenvalue weighted by molar-refractivity contribution is 5.76. The fraction of sp³-hybridized carbons (Fsp3) is 0.900. The molecule has 154 valence electrons. The van der Waals surface area contributed by atoms with Crippen molar-refractivity contribution in [3.63, 3.8) is 0 Å². The van der Waals surface area contributed by atoms with E-state index >= 15 is 0 Å². The largest absolute Gasteiger partial charge is 0.481 e. The van der Waals surface area contributed by atoms with Gasteiger partial charge >= 0.3 is 11.9 Å². The lowest BCUT2D eigenvalue weighted by Crippen LogP contribution is -2.36. The lowest BCUT2D eigenvalue weighted by atomic mass is 9.78. The predicted molar refractivity (Wildman–Crippen MR) is 103 cm³/mol. The van der Waals surface area contributed by atoms with Gasteiger partial charge in [0.25, 0.3) is 0 Å². The van der Waals surface area contributed by atoms with E-state index in [1.807, 2.05) is 13.8 Å². The molecule has 6 nitrogen and oxygen atoms in total. The van der Waals surface area contributed by atoms with Crippen LogP contribution < -0.4 is 5.48 Å². The van der Waals surface area contributed by atoms with Crippen LogP contribution >= 0.6 is 0 Å². The van der Waals surface area contributed by atoms with Crippen molar-refractivity contribution in [1.82, 2.24) is 5.48 Å². The molecule has 0 radical (unpaired) electrons. The van der Waals surface area contributed by atoms with Gasteiger partial charge in [0.15, 0.2) is 0 Å². The molecule has 0 unspecified atom stereocenters. The van der Waals surface area contributed by atoms with E-state index < -0.39 is 11.4 Å². The van der Waals surface area contributed by atoms with E-state index in [9.17, 15) is 9.59 Å². The molecule has 0 aliphatic heterocycles. The topological polar surface area (TPSA) is 84.9 Å². The van der Waals surface area contributed by atoms with Gasteiger partial charge in [0.1, 0.15) is 0 Å². The highest BCUT2D eigenvalue weighted by Gasteiger charge is 2.36. The minimum absolute atomic E-state index is 0.171. The van der Waals surface area contributed by atoms with Gasteiger partial charge in [0.05, 0.1) is 5.41 Å². The summed E-state index contributed by atoms with van der Waals surface area (Å²) in [5.74, 6) is -0.914. The molecule has 0 spiro atoms. The van der Waals surface area contributed by atoms with Crippen LogP contribution in [-0.4, -0.2) is 36.8 Å². The zero-order valence-corrected chi connectivity index (χ0v) is 17.0. The van der Waals surface area contributed by atoms with Gasteiger partial charge in [0.2, 0.25) is 0 Å². The van der Waals surface area contributed by atoms with Gasteiger partial charge in [0, 0.05) is 26.2 Å². The third-order valence-electron chi connectivity index (χ3n) is 4.91. The maximum Gasteiger partial charge on any atom is 0.330 e. The fourth-order valence-corrected chi connectivity index (χ4v) is 2.96. The average Bonchev–Trinajstić information content (AvgIpc) is 2.63. The Balaban J connectivity index is 4.00. The first-order chi connectivity index (χ1) is 12.5. The molecule has 0 aromatic carbocycles. The van der Waals surface area contributed by atoms with Crippen molar-refractivity contribution in [3.05, 3.63) is 0 Å². The maximum atomic E-state index is 12.5. The van der Waals surface area contributed by atoms with Crippen molar-refractivity contribution in [2.45, 2.75) is 91.4 Å². The summed E-state index contributed by atoms with van der Waals surface area (Å²) in [4.78, 5) is 28.4. The molecule has 0 aliphatic carbocycles. The number of nitrogens with one attached hydrogen (secondary N) is 1. The van der Waals surface area contributed by atoms with Crippen LogP contribution in [0.25, 0.3) is 0 Å². The minimum atomic E-state index is -0.743. The van der Waals surface area contributed by atoms with Crippen molar-refractivity contribution in [2.75, 3.05) is 19.8 Å². The molecule has 2 N–H and O–H groups in total. The number of carbonyl (C=O) groups is 2. The SMILES string of the molecule is CCCOCCCCNOC(=O)C(CC)(CC)CCCCCCC(=O)O. The van der Waals surface area contributed by atoms with E-state index in [0.29, 0.717) is 13.0 Å². The summed E-state index contributed by atoms with van der Waals surface area (Å²) in [7, 11) is 0. The number of rotatable bonds is 18. The van der Waals surface area contributed by atoms with Crippen LogP contribution in [0.5, 0.6) is 0 Å². The Morgan fingerprint density at radius 1 is 0.923 bits per heavy atom. The Hall–Kier alpha value is -1.14. The number of carboxylic acid groups (broad SMARTS) is 1. The van der Waals surface area contributed by atoms with Gasteiger partial charge in [-0.25, -0.2) is 4.79 Å². The lowest BCUT2D eigenvalue weighted by molar-refractivity contribution is -0.165. The van der Waals surface area contributed by atoms with Crippen LogP contribution in [0.3, 0.4) is 0 Å². The van der Waals surface area contributed by atoms with E-state index in [0.717, 1.165) is 71.0 Å². The smallest absolute Gasteiger partial charge is 0.330 e. The van der Waals surface area contributed by atoms with Crippen molar-refractivity contribution in [1.29, 1.82) is 0 Å². The number of ether oxygens (including phenoxy) is 1. The summed E-state index contributed by atoms with van der Waals surface area (Å²) in [6, 6.07) is 0. The number of aliphatic carboxylic acids is 1. The molecule has 0 saturated heterocycles. The van der Waals surface area contributed by atoms with Crippen LogP contribution in [0.1, 0.15) is 91.4 Å². The Labute approximate surface area is 159 Å². The van der Waals surface area contributed by atoms with Gasteiger partial charge in [-0.2, -0.15) is 5.48 Å². The fourth-order valence-electron chi connectivity index (χ4n) is 2.96. The normalized spacial score (nSPS) is 11.5. The highest BCUT2D eigenvalue weighted by atomic mass is 16.7. The second kappa shape index (κ2) is 16.1. The maximum absolute atomic E-state index is 12.5. The summed E-state index contributed by atoms with van der Waals surface area (Å²) in [6.07, 6.45) is 8.88. The Morgan fingerprint density at radius 3 is 2.23 bits per heavy atom. The minimum Gasteiger partial charge on any atom is -0.481 e. The van der Waals surface area contributed by atoms with Crippen LogP contribution in [-0.2, 0) is 19.2 Å². The number of hydrogen-bond donors (Lipinski definition) is 2. The third-order valence-corrected chi connectivity index (χ3v) is 4.91. The van der Waals surface area contributed by atoms with Gasteiger partial charge in [-0.15, -0.1) is 0 Å². The van der Waals surface area contributed by atoms with E-state index in [-0.39, 0.29) is 12.4 Å². The number of carboxylic acids is 1. The summed E-state index contributed by atoms with van der Waals surface area (Å²) in [6.45, 7) is 8.33. The van der Waals surface area contributed by atoms with Crippen LogP contribution in [0.2, 0.25) is 0 Å². The number of hydroxylamine groups is 1. The standard InChI is InChI=1S/C20H39NO5/c1-4-16-25-17-12-11-15-21-26-19(24)20(5-2,6-3)14-10-8-7-9-13-18(22)23/h21H,4-17H2,1-3H3,(H,22,23). The summed E-state index contributed by atoms with van der Waals surface area (Å²) >= 11 is 0. The molecule has 0 aromatic heterocycles. The summed E-state index contributed by atoms with van der Waals surface area (Å²) in [5.41, 5.74) is 2.36. The first-order valence-electron chi connectivity index (χ1n) is 10.3. The van der Waals surface area contributed by atoms with Gasteiger partial charge in [-0.1, -0.05) is 40.0 Å². The van der Waals surface area contributed by atoms with Crippen molar-refractivity contribution in [2.24, 2.45) is 5.41 Å². The van der Waals surface area contributed by atoms with Crippen molar-refractivity contribution in [3.8, 4) is 0 Å². The van der Waals surface area contributed by atoms with Crippen LogP contribution in [0.15, 0.2) is 0 Å². The first kappa shape index (κ1) is 24.9. The molecule has 6 heteroatoms. The van der Waals surface area contributed by atoms with E-state index in [4.69, 9.17) is 14.7 Å². The average molecular weight is 374 g/mol. The Morgan fingerprint density at radius 2 is 1.62 bits per heavy atom. The van der Waals surface area contributed by atoms with Crippen molar-refractivity contribution >= 4 is 11.9 Å². The van der Waals surface area contributed by atoms with E-state index in [1.54, 1.807) is 0 Å². The lowest BCUT2D eigenvalue weighted by Gasteiger charge is -2.29. The van der Waals surface area contributed by atoms with Gasteiger partial charge in [-0.05, 0) is 44.9 Å². The number of carbonyl (C=O) groups excluding carboxylic acids is 1. The number of hydrogen-bond acceptors (Lipinski definition) is 5. The first-order valence-corrected chi connectivity index (χ1v) is 10.3. The zero-order chi connectivity index (χ0) is 19.7. The van der Waals surface area contributed by atoms with Gasteiger partial charge in [-0.3, -0.25) is 4.79 Å². The monoisotopic (exact) mass is 373 g/mol. The zero-order valence-electron chi connectivity index (χ0n) is 17.0. The third kappa shape index (κ3) is 11.5. The van der Waals surface area contributed by atoms with Crippen molar-refractivity contribution < 1.29 is 24.3 Å². The van der Waals surface area contributed by atoms with E-state index in [1.165, 1.54) is 0 Å². The second-order valence-electron chi connectivity index (χ2n) is 6.90. The molecule has 0 atom stereocenters. The molecule has 0 saturated carbocycles. The van der Waals surface area contributed by atoms with E-state index in [2.05, 4.69) is 12.4 Å². The Kier molecular flexibility index (Phi) is 15.4. The molecule has 0 aromatic rings. The molecular weight excluding hydrogens is 334 g/mol. The molecule has 0 rings (SSSR count). The second-order valence-corrected chi connectivity index (χ2v) is 6.90. The quantitative estimate of drug-likeness (QED) is 0.272. The van der Waals surface area contributed by atoms with Gasteiger partial charge < -0.3 is 14.7 Å². The molecule has 26 heavy (non-hydrogen) atoms. The highest BCUT2D eigenvalue weighted by Crippen LogP contribution is 2.34. The molecule has 0 bridgehead atoms. The molecule has 0 heterocycles. The summed E-state index contributed by atoms with van der Waals surface area (Å²) in [5, 5.41) is 8.65. The molecule has 0 fully saturated rings. The van der Waals surface area contributed by atoms with Crippen LogP contribution in [0.4, 0.5) is 0 Å². The van der Waals surface area contributed by atoms with Crippen LogP contribution in [0, 0.1) is 5.41 Å².